The SMILES string of the molecule is CC(C)c1c(C#N)c(N)nc(SCCC(=O)Nc2nccs2)c1C#N. The molecule has 7 nitrogen and oxygen atoms in total. The van der Waals surface area contributed by atoms with Crippen LogP contribution in [0, 0.1) is 22.7 Å². The van der Waals surface area contributed by atoms with Gasteiger partial charge in [0.15, 0.2) is 5.13 Å². The van der Waals surface area contributed by atoms with Gasteiger partial charge >= 0.3 is 0 Å². The van der Waals surface area contributed by atoms with Gasteiger partial charge in [-0.2, -0.15) is 10.5 Å². The number of aromatic nitrogens is 2. The van der Waals surface area contributed by atoms with E-state index >= 15 is 0 Å². The molecule has 9 heteroatoms. The highest BCUT2D eigenvalue weighted by Gasteiger charge is 2.21. The molecule has 1 amide bonds. The molecule has 2 heterocycles. The average molecular weight is 372 g/mol. The summed E-state index contributed by atoms with van der Waals surface area (Å²) in [7, 11) is 0. The summed E-state index contributed by atoms with van der Waals surface area (Å²) >= 11 is 2.62. The Kier molecular flexibility index (Phi) is 6.34. The standard InChI is InChI=1S/C16H16N6OS2/c1-9(2)13-10(7-17)14(19)22-15(11(13)8-18)24-5-3-12(23)21-16-20-4-6-25-16/h4,6,9H,3,5H2,1-2H3,(H2,19,22)(H,20,21,23). The summed E-state index contributed by atoms with van der Waals surface area (Å²) in [4.78, 5) is 20.1. The Morgan fingerprint density at radius 3 is 2.68 bits per heavy atom. The van der Waals surface area contributed by atoms with Crippen molar-refractivity contribution < 1.29 is 4.79 Å². The summed E-state index contributed by atoms with van der Waals surface area (Å²) in [5.41, 5.74) is 7.08. The van der Waals surface area contributed by atoms with Crippen molar-refractivity contribution in [3.8, 4) is 12.1 Å². The molecule has 0 bridgehead atoms. The van der Waals surface area contributed by atoms with Crippen molar-refractivity contribution >= 4 is 40.0 Å². The first kappa shape index (κ1) is 18.7. The minimum Gasteiger partial charge on any atom is -0.383 e. The predicted molar refractivity (Wildman–Crippen MR) is 98.3 cm³/mol. The molecular weight excluding hydrogens is 356 g/mol. The molecule has 0 saturated carbocycles. The number of nitrogens with one attached hydrogen (secondary N) is 1. The molecule has 0 unspecified atom stereocenters. The Morgan fingerprint density at radius 2 is 2.12 bits per heavy atom. The van der Waals surface area contributed by atoms with Crippen LogP contribution in [0.5, 0.6) is 0 Å². The van der Waals surface area contributed by atoms with Crippen molar-refractivity contribution in [3.63, 3.8) is 0 Å². The van der Waals surface area contributed by atoms with Gasteiger partial charge in [0.05, 0.1) is 11.1 Å². The largest absolute Gasteiger partial charge is 0.383 e. The van der Waals surface area contributed by atoms with Crippen LogP contribution in [-0.4, -0.2) is 21.6 Å². The van der Waals surface area contributed by atoms with E-state index in [-0.39, 0.29) is 29.6 Å². The fourth-order valence-electron chi connectivity index (χ4n) is 2.21. The molecule has 0 saturated heterocycles. The number of nitrogen functional groups attached to an aromatic ring is 1. The monoisotopic (exact) mass is 372 g/mol. The van der Waals surface area contributed by atoms with E-state index in [1.54, 1.807) is 11.6 Å². The molecule has 25 heavy (non-hydrogen) atoms. The minimum absolute atomic E-state index is 0.0397. The van der Waals surface area contributed by atoms with E-state index in [4.69, 9.17) is 5.73 Å². The highest BCUT2D eigenvalue weighted by atomic mass is 32.2. The van der Waals surface area contributed by atoms with Gasteiger partial charge in [-0.05, 0) is 11.5 Å². The molecule has 0 spiro atoms. The normalized spacial score (nSPS) is 10.3. The van der Waals surface area contributed by atoms with Gasteiger partial charge < -0.3 is 11.1 Å². The van der Waals surface area contributed by atoms with E-state index in [0.717, 1.165) is 0 Å². The summed E-state index contributed by atoms with van der Waals surface area (Å²) in [5.74, 6) is 0.343. The molecular formula is C16H16N6OS2. The zero-order valence-corrected chi connectivity index (χ0v) is 15.4. The van der Waals surface area contributed by atoms with Gasteiger partial charge in [-0.3, -0.25) is 4.79 Å². The van der Waals surface area contributed by atoms with Gasteiger partial charge in [-0.1, -0.05) is 13.8 Å². The number of hydrogen-bond acceptors (Lipinski definition) is 8. The maximum absolute atomic E-state index is 11.9. The number of rotatable bonds is 6. The Labute approximate surface area is 153 Å². The van der Waals surface area contributed by atoms with Crippen molar-refractivity contribution in [3.05, 3.63) is 28.3 Å². The third-order valence-corrected chi connectivity index (χ3v) is 4.94. The van der Waals surface area contributed by atoms with Crippen LogP contribution in [0.25, 0.3) is 0 Å². The third-order valence-electron chi connectivity index (χ3n) is 3.28. The summed E-state index contributed by atoms with van der Waals surface area (Å²) in [6, 6.07) is 4.15. The second-order valence-electron chi connectivity index (χ2n) is 5.33. The molecule has 0 aliphatic carbocycles. The van der Waals surface area contributed by atoms with Crippen LogP contribution in [0.1, 0.15) is 42.9 Å². The van der Waals surface area contributed by atoms with Crippen molar-refractivity contribution in [2.45, 2.75) is 31.2 Å². The molecule has 128 valence electrons. The molecule has 0 aliphatic rings. The summed E-state index contributed by atoms with van der Waals surface area (Å²) < 4.78 is 0. The van der Waals surface area contributed by atoms with Gasteiger partial charge in [-0.15, -0.1) is 23.1 Å². The lowest BCUT2D eigenvalue weighted by Gasteiger charge is -2.15. The van der Waals surface area contributed by atoms with Crippen LogP contribution in [-0.2, 0) is 4.79 Å². The fourth-order valence-corrected chi connectivity index (χ4v) is 3.70. The predicted octanol–water partition coefficient (Wildman–Crippen LogP) is 3.11. The Morgan fingerprint density at radius 1 is 1.40 bits per heavy atom. The number of carbonyl (C=O) groups excluding carboxylic acids is 1. The zero-order chi connectivity index (χ0) is 18.4. The molecule has 0 radical (unpaired) electrons. The molecule has 2 aromatic rings. The van der Waals surface area contributed by atoms with Crippen LogP contribution in [0.15, 0.2) is 16.6 Å². The van der Waals surface area contributed by atoms with E-state index in [1.807, 2.05) is 19.9 Å². The Balaban J connectivity index is 2.13. The highest BCUT2D eigenvalue weighted by Crippen LogP contribution is 2.33. The van der Waals surface area contributed by atoms with E-state index < -0.39 is 0 Å². The maximum atomic E-state index is 11.9. The van der Waals surface area contributed by atoms with Gasteiger partial charge in [-0.25, -0.2) is 9.97 Å². The number of nitrogens with two attached hydrogens (primary N) is 1. The molecule has 0 aromatic carbocycles. The lowest BCUT2D eigenvalue weighted by atomic mass is 9.94. The molecule has 2 rings (SSSR count). The number of anilines is 2. The highest BCUT2D eigenvalue weighted by molar-refractivity contribution is 7.99. The number of nitrogens with zero attached hydrogens (tertiary/aromatic N) is 4. The fraction of sp³-hybridized carbons (Fsp3) is 0.312. The van der Waals surface area contributed by atoms with Crippen molar-refractivity contribution in [2.24, 2.45) is 0 Å². The number of thioether (sulfide) groups is 1. The van der Waals surface area contributed by atoms with Crippen LogP contribution in [0.3, 0.4) is 0 Å². The topological polar surface area (TPSA) is 128 Å². The van der Waals surface area contributed by atoms with Crippen molar-refractivity contribution in [2.75, 3.05) is 16.8 Å². The number of carbonyl (C=O) groups is 1. The van der Waals surface area contributed by atoms with Crippen LogP contribution in [0.4, 0.5) is 10.9 Å². The van der Waals surface area contributed by atoms with E-state index in [0.29, 0.717) is 27.0 Å². The number of nitriles is 2. The molecule has 2 aromatic heterocycles. The summed E-state index contributed by atoms with van der Waals surface area (Å²) in [6.45, 7) is 3.79. The van der Waals surface area contributed by atoms with E-state index in [1.165, 1.54) is 23.1 Å². The quantitative estimate of drug-likeness (QED) is 0.745. The Bertz CT molecular complexity index is 849. The van der Waals surface area contributed by atoms with Gasteiger partial charge in [0, 0.05) is 23.8 Å². The molecule has 3 N–H and O–H groups in total. The van der Waals surface area contributed by atoms with Gasteiger partial charge in [0.2, 0.25) is 5.91 Å². The summed E-state index contributed by atoms with van der Waals surface area (Å²) in [5, 5.41) is 24.3. The first-order chi connectivity index (χ1) is 12.0. The van der Waals surface area contributed by atoms with Crippen LogP contribution >= 0.6 is 23.1 Å². The maximum Gasteiger partial charge on any atom is 0.226 e. The first-order valence-corrected chi connectivity index (χ1v) is 9.30. The zero-order valence-electron chi connectivity index (χ0n) is 13.7. The van der Waals surface area contributed by atoms with Crippen LogP contribution in [0.2, 0.25) is 0 Å². The average Bonchev–Trinajstić information content (AvgIpc) is 3.06. The second kappa shape index (κ2) is 8.47. The first-order valence-electron chi connectivity index (χ1n) is 7.43. The lowest BCUT2D eigenvalue weighted by molar-refractivity contribution is -0.115. The third kappa shape index (κ3) is 4.47. The van der Waals surface area contributed by atoms with Crippen LogP contribution < -0.4 is 11.1 Å². The smallest absolute Gasteiger partial charge is 0.226 e. The van der Waals surface area contributed by atoms with Crippen molar-refractivity contribution in [1.82, 2.24) is 9.97 Å². The van der Waals surface area contributed by atoms with E-state index in [9.17, 15) is 15.3 Å². The van der Waals surface area contributed by atoms with Gasteiger partial charge in [0.25, 0.3) is 0 Å². The number of pyridine rings is 1. The summed E-state index contributed by atoms with van der Waals surface area (Å²) in [6.07, 6.45) is 1.86. The number of amides is 1. The van der Waals surface area contributed by atoms with Gasteiger partial charge in [0.1, 0.15) is 23.0 Å². The second-order valence-corrected chi connectivity index (χ2v) is 7.31. The van der Waals surface area contributed by atoms with Crippen molar-refractivity contribution in [1.29, 1.82) is 10.5 Å². The molecule has 0 aliphatic heterocycles. The van der Waals surface area contributed by atoms with E-state index in [2.05, 4.69) is 21.4 Å². The minimum atomic E-state index is -0.161. The molecule has 0 fully saturated rings. The Hall–Kier alpha value is -2.62. The lowest BCUT2D eigenvalue weighted by Crippen LogP contribution is -2.12. The number of hydrogen-bond donors (Lipinski definition) is 2. The number of thiazole rings is 1. The molecule has 0 atom stereocenters.